The highest BCUT2D eigenvalue weighted by molar-refractivity contribution is 6.32. The SMILES string of the molecule is O=Cc1ccc(C(F)(F)C(=O)N2CCCC2)c(Cl)c1. The predicted octanol–water partition coefficient (Wildman–Crippen LogP) is 2.87. The van der Waals surface area contributed by atoms with Crippen LogP contribution in [0.3, 0.4) is 0 Å². The molecule has 0 radical (unpaired) electrons. The maximum absolute atomic E-state index is 14.1. The van der Waals surface area contributed by atoms with E-state index < -0.39 is 17.4 Å². The number of alkyl halides is 2. The van der Waals surface area contributed by atoms with Crippen LogP contribution in [0, 0.1) is 0 Å². The summed E-state index contributed by atoms with van der Waals surface area (Å²) in [6.07, 6.45) is 1.98. The van der Waals surface area contributed by atoms with Gasteiger partial charge in [-0.15, -0.1) is 0 Å². The average molecular weight is 288 g/mol. The van der Waals surface area contributed by atoms with Crippen LogP contribution in [0.5, 0.6) is 0 Å². The zero-order chi connectivity index (χ0) is 14.0. The van der Waals surface area contributed by atoms with Crippen LogP contribution in [0.15, 0.2) is 18.2 Å². The second-order valence-corrected chi connectivity index (χ2v) is 4.84. The number of rotatable bonds is 3. The van der Waals surface area contributed by atoms with Crippen LogP contribution in [0.4, 0.5) is 8.78 Å². The summed E-state index contributed by atoms with van der Waals surface area (Å²) in [5.41, 5.74) is -0.366. The van der Waals surface area contributed by atoms with E-state index in [4.69, 9.17) is 11.6 Å². The molecule has 1 fully saturated rings. The summed E-state index contributed by atoms with van der Waals surface area (Å²) in [7, 11) is 0. The van der Waals surface area contributed by atoms with Crippen LogP contribution < -0.4 is 0 Å². The number of halogens is 3. The van der Waals surface area contributed by atoms with Gasteiger partial charge in [0, 0.05) is 24.2 Å². The first-order valence-corrected chi connectivity index (χ1v) is 6.27. The number of likely N-dealkylation sites (tertiary alicyclic amines) is 1. The smallest absolute Gasteiger partial charge is 0.337 e. The van der Waals surface area contributed by atoms with Gasteiger partial charge in [0.05, 0.1) is 5.02 Å². The average Bonchev–Trinajstić information content (AvgIpc) is 2.90. The number of carbonyl (C=O) groups is 2. The van der Waals surface area contributed by atoms with E-state index in [1.807, 2.05) is 0 Å². The lowest BCUT2D eigenvalue weighted by Gasteiger charge is -2.23. The summed E-state index contributed by atoms with van der Waals surface area (Å²) in [6.45, 7) is 0.691. The van der Waals surface area contributed by atoms with Gasteiger partial charge in [-0.1, -0.05) is 23.7 Å². The lowest BCUT2D eigenvalue weighted by Crippen LogP contribution is -2.40. The number of hydrogen-bond donors (Lipinski definition) is 0. The maximum Gasteiger partial charge on any atom is 0.351 e. The first-order chi connectivity index (χ1) is 8.96. The highest BCUT2D eigenvalue weighted by Crippen LogP contribution is 2.36. The van der Waals surface area contributed by atoms with Crippen LogP contribution in [-0.4, -0.2) is 30.2 Å². The van der Waals surface area contributed by atoms with E-state index in [1.54, 1.807) is 0 Å². The Morgan fingerprint density at radius 2 is 1.95 bits per heavy atom. The Balaban J connectivity index is 2.32. The summed E-state index contributed by atoms with van der Waals surface area (Å²) < 4.78 is 28.3. The molecule has 1 aromatic carbocycles. The molecule has 0 atom stereocenters. The largest absolute Gasteiger partial charge is 0.351 e. The van der Waals surface area contributed by atoms with E-state index in [0.29, 0.717) is 19.4 Å². The monoisotopic (exact) mass is 287 g/mol. The molecule has 0 saturated carbocycles. The van der Waals surface area contributed by atoms with Gasteiger partial charge < -0.3 is 4.90 Å². The number of nitrogens with zero attached hydrogens (tertiary/aromatic N) is 1. The third kappa shape index (κ3) is 2.61. The molecule has 1 aliphatic rings. The molecular formula is C13H12ClF2NO2. The summed E-state index contributed by atoms with van der Waals surface area (Å²) in [5, 5.41) is -0.276. The first-order valence-electron chi connectivity index (χ1n) is 5.89. The van der Waals surface area contributed by atoms with Crippen molar-refractivity contribution in [3.63, 3.8) is 0 Å². The Labute approximate surface area is 114 Å². The highest BCUT2D eigenvalue weighted by Gasteiger charge is 2.45. The van der Waals surface area contributed by atoms with Gasteiger partial charge >= 0.3 is 5.92 Å². The first kappa shape index (κ1) is 13.9. The molecule has 1 heterocycles. The number of benzene rings is 1. The number of aldehydes is 1. The second kappa shape index (κ2) is 5.25. The zero-order valence-corrected chi connectivity index (χ0v) is 10.8. The van der Waals surface area contributed by atoms with Gasteiger partial charge in [-0.2, -0.15) is 8.78 Å². The standard InChI is InChI=1S/C13H12ClF2NO2/c14-11-7-9(8-18)3-4-10(11)13(15,16)12(19)17-5-1-2-6-17/h3-4,7-8H,1-2,5-6H2. The van der Waals surface area contributed by atoms with E-state index in [0.717, 1.165) is 29.9 Å². The van der Waals surface area contributed by atoms with Gasteiger partial charge in [0.1, 0.15) is 6.29 Å². The molecule has 1 aliphatic heterocycles. The Hall–Kier alpha value is -1.49. The minimum Gasteiger partial charge on any atom is -0.337 e. The summed E-state index contributed by atoms with van der Waals surface area (Å²) in [6, 6.07) is 3.38. The van der Waals surface area contributed by atoms with Crippen LogP contribution >= 0.6 is 11.6 Å². The van der Waals surface area contributed by atoms with E-state index in [2.05, 4.69) is 0 Å². The number of amides is 1. The number of hydrogen-bond acceptors (Lipinski definition) is 2. The predicted molar refractivity (Wildman–Crippen MR) is 66.5 cm³/mol. The Morgan fingerprint density at radius 3 is 2.47 bits per heavy atom. The van der Waals surface area contributed by atoms with Crippen molar-refractivity contribution in [3.05, 3.63) is 34.3 Å². The van der Waals surface area contributed by atoms with Crippen LogP contribution in [0.1, 0.15) is 28.8 Å². The maximum atomic E-state index is 14.1. The molecule has 1 amide bonds. The molecule has 3 nitrogen and oxygen atoms in total. The lowest BCUT2D eigenvalue weighted by atomic mass is 10.1. The molecule has 0 aliphatic carbocycles. The second-order valence-electron chi connectivity index (χ2n) is 4.43. The highest BCUT2D eigenvalue weighted by atomic mass is 35.5. The van der Waals surface area contributed by atoms with Crippen molar-refractivity contribution in [2.75, 3.05) is 13.1 Å². The van der Waals surface area contributed by atoms with Crippen molar-refractivity contribution in [2.45, 2.75) is 18.8 Å². The molecule has 6 heteroatoms. The molecule has 0 bridgehead atoms. The van der Waals surface area contributed by atoms with E-state index in [9.17, 15) is 18.4 Å². The van der Waals surface area contributed by atoms with Crippen molar-refractivity contribution in [1.29, 1.82) is 0 Å². The van der Waals surface area contributed by atoms with Crippen molar-refractivity contribution in [1.82, 2.24) is 4.90 Å². The molecule has 1 aromatic rings. The fourth-order valence-corrected chi connectivity index (χ4v) is 2.40. The van der Waals surface area contributed by atoms with Crippen molar-refractivity contribution >= 4 is 23.8 Å². The molecule has 1 saturated heterocycles. The van der Waals surface area contributed by atoms with E-state index >= 15 is 0 Å². The number of carbonyl (C=O) groups excluding carboxylic acids is 2. The lowest BCUT2D eigenvalue weighted by molar-refractivity contribution is -0.157. The van der Waals surface area contributed by atoms with Crippen molar-refractivity contribution < 1.29 is 18.4 Å². The van der Waals surface area contributed by atoms with Crippen LogP contribution in [0.25, 0.3) is 0 Å². The fraction of sp³-hybridized carbons (Fsp3) is 0.385. The van der Waals surface area contributed by atoms with Gasteiger partial charge in [-0.3, -0.25) is 9.59 Å². The molecule has 102 valence electrons. The third-order valence-corrected chi connectivity index (χ3v) is 3.44. The minimum absolute atomic E-state index is 0.193. The normalized spacial score (nSPS) is 15.6. The van der Waals surface area contributed by atoms with Crippen molar-refractivity contribution in [3.8, 4) is 0 Å². The molecule has 0 unspecified atom stereocenters. The summed E-state index contributed by atoms with van der Waals surface area (Å²) >= 11 is 5.73. The quantitative estimate of drug-likeness (QED) is 0.802. The van der Waals surface area contributed by atoms with Gasteiger partial charge in [0.2, 0.25) is 0 Å². The van der Waals surface area contributed by atoms with E-state index in [-0.39, 0.29) is 10.6 Å². The van der Waals surface area contributed by atoms with Gasteiger partial charge in [0.15, 0.2) is 0 Å². The molecule has 19 heavy (non-hydrogen) atoms. The van der Waals surface area contributed by atoms with Crippen molar-refractivity contribution in [2.24, 2.45) is 0 Å². The van der Waals surface area contributed by atoms with Crippen LogP contribution in [-0.2, 0) is 10.7 Å². The summed E-state index contributed by atoms with van der Waals surface area (Å²) in [5.74, 6) is -4.89. The Morgan fingerprint density at radius 1 is 1.32 bits per heavy atom. The van der Waals surface area contributed by atoms with Gasteiger partial charge in [-0.25, -0.2) is 0 Å². The van der Waals surface area contributed by atoms with Crippen LogP contribution in [0.2, 0.25) is 5.02 Å². The van der Waals surface area contributed by atoms with E-state index in [1.165, 1.54) is 6.07 Å². The minimum atomic E-state index is -3.66. The molecule has 0 aromatic heterocycles. The third-order valence-electron chi connectivity index (χ3n) is 3.13. The summed E-state index contributed by atoms with van der Waals surface area (Å²) in [4.78, 5) is 23.5. The molecule has 2 rings (SSSR count). The topological polar surface area (TPSA) is 37.4 Å². The molecular weight excluding hydrogens is 276 g/mol. The molecule has 0 N–H and O–H groups in total. The van der Waals surface area contributed by atoms with Gasteiger partial charge in [-0.05, 0) is 18.9 Å². The fourth-order valence-electron chi connectivity index (χ4n) is 2.09. The zero-order valence-electron chi connectivity index (χ0n) is 10.0. The Kier molecular flexibility index (Phi) is 3.85. The van der Waals surface area contributed by atoms with Gasteiger partial charge in [0.25, 0.3) is 5.91 Å². The Bertz CT molecular complexity index is 513. The molecule has 0 spiro atoms.